The second kappa shape index (κ2) is 6.27. The van der Waals surface area contributed by atoms with E-state index in [1.54, 1.807) is 28.1 Å². The molecule has 0 atom stereocenters. The fourth-order valence-electron chi connectivity index (χ4n) is 2.21. The summed E-state index contributed by atoms with van der Waals surface area (Å²) in [5.41, 5.74) is 2.21. The highest BCUT2D eigenvalue weighted by molar-refractivity contribution is 6.03. The summed E-state index contributed by atoms with van der Waals surface area (Å²) in [6.07, 6.45) is 6.52. The second-order valence-electron chi connectivity index (χ2n) is 6.59. The zero-order chi connectivity index (χ0) is 17.2. The number of aromatic nitrogens is 5. The zero-order valence-corrected chi connectivity index (χ0v) is 14.0. The van der Waals surface area contributed by atoms with Gasteiger partial charge in [-0.05, 0) is 38.5 Å². The fraction of sp³-hybridized carbons (Fsp3) is 0.294. The molecular formula is C17H20N6O. The molecule has 0 radical (unpaired) electrons. The highest BCUT2D eigenvalue weighted by Gasteiger charge is 2.16. The minimum absolute atomic E-state index is 0.151. The molecule has 0 aliphatic rings. The Bertz CT molecular complexity index is 812. The van der Waals surface area contributed by atoms with Crippen molar-refractivity contribution in [1.82, 2.24) is 24.5 Å². The van der Waals surface area contributed by atoms with Crippen LogP contribution < -0.4 is 5.32 Å². The third-order valence-electron chi connectivity index (χ3n) is 3.56. The Morgan fingerprint density at radius 2 is 1.92 bits per heavy atom. The van der Waals surface area contributed by atoms with Gasteiger partial charge in [-0.15, -0.1) is 0 Å². The molecule has 124 valence electrons. The van der Waals surface area contributed by atoms with Gasteiger partial charge in [0.2, 0.25) is 0 Å². The predicted octanol–water partition coefficient (Wildman–Crippen LogP) is 2.53. The number of anilines is 1. The van der Waals surface area contributed by atoms with Gasteiger partial charge in [0.1, 0.15) is 12.7 Å². The van der Waals surface area contributed by atoms with Crippen LogP contribution in [-0.2, 0) is 12.1 Å². The van der Waals surface area contributed by atoms with Gasteiger partial charge < -0.3 is 5.32 Å². The monoisotopic (exact) mass is 324 g/mol. The van der Waals surface area contributed by atoms with Gasteiger partial charge >= 0.3 is 0 Å². The maximum atomic E-state index is 12.3. The number of carbonyl (C=O) groups is 1. The minimum atomic E-state index is -0.172. The predicted molar refractivity (Wildman–Crippen MR) is 90.7 cm³/mol. The summed E-state index contributed by atoms with van der Waals surface area (Å²) in [6.45, 7) is 6.76. The molecule has 0 bridgehead atoms. The third-order valence-corrected chi connectivity index (χ3v) is 3.56. The number of amides is 1. The maximum Gasteiger partial charge on any atom is 0.258 e. The van der Waals surface area contributed by atoms with Gasteiger partial charge in [0.25, 0.3) is 5.91 Å². The molecule has 1 amide bonds. The smallest absolute Gasteiger partial charge is 0.258 e. The van der Waals surface area contributed by atoms with Crippen molar-refractivity contribution in [3.05, 3.63) is 60.4 Å². The SMILES string of the molecule is CC(C)(C)n1cc(C(=O)Nc2ccc(Cn3cncn3)cc2)cn1. The van der Waals surface area contributed by atoms with Crippen molar-refractivity contribution in [1.29, 1.82) is 0 Å². The molecule has 0 aliphatic heterocycles. The molecule has 3 rings (SSSR count). The highest BCUT2D eigenvalue weighted by Crippen LogP contribution is 2.15. The van der Waals surface area contributed by atoms with Gasteiger partial charge in [-0.25, -0.2) is 9.67 Å². The Morgan fingerprint density at radius 3 is 2.50 bits per heavy atom. The van der Waals surface area contributed by atoms with E-state index in [-0.39, 0.29) is 11.4 Å². The van der Waals surface area contributed by atoms with Gasteiger partial charge in [-0.3, -0.25) is 9.48 Å². The number of nitrogens with zero attached hydrogens (tertiary/aromatic N) is 5. The van der Waals surface area contributed by atoms with Crippen LogP contribution in [0, 0.1) is 0 Å². The highest BCUT2D eigenvalue weighted by atomic mass is 16.1. The van der Waals surface area contributed by atoms with Crippen LogP contribution in [-0.4, -0.2) is 30.5 Å². The number of benzene rings is 1. The molecule has 0 unspecified atom stereocenters. The lowest BCUT2D eigenvalue weighted by Gasteiger charge is -2.18. The summed E-state index contributed by atoms with van der Waals surface area (Å²) in [6, 6.07) is 7.66. The van der Waals surface area contributed by atoms with E-state index in [0.29, 0.717) is 12.1 Å². The molecule has 2 aromatic heterocycles. The van der Waals surface area contributed by atoms with Crippen LogP contribution in [0.1, 0.15) is 36.7 Å². The van der Waals surface area contributed by atoms with Gasteiger partial charge in [0.05, 0.1) is 23.8 Å². The summed E-state index contributed by atoms with van der Waals surface area (Å²) in [4.78, 5) is 16.2. The Morgan fingerprint density at radius 1 is 1.17 bits per heavy atom. The lowest BCUT2D eigenvalue weighted by molar-refractivity contribution is 0.102. The minimum Gasteiger partial charge on any atom is -0.322 e. The molecule has 0 saturated heterocycles. The molecular weight excluding hydrogens is 304 g/mol. The average molecular weight is 324 g/mol. The van der Waals surface area contributed by atoms with Gasteiger partial charge in [-0.2, -0.15) is 10.2 Å². The van der Waals surface area contributed by atoms with E-state index in [1.165, 1.54) is 6.33 Å². The first kappa shape index (κ1) is 15.9. The average Bonchev–Trinajstić information content (AvgIpc) is 3.19. The molecule has 0 saturated carbocycles. The number of hydrogen-bond donors (Lipinski definition) is 1. The topological polar surface area (TPSA) is 77.6 Å². The first-order valence-corrected chi connectivity index (χ1v) is 7.70. The van der Waals surface area contributed by atoms with Crippen molar-refractivity contribution < 1.29 is 4.79 Å². The number of hydrogen-bond acceptors (Lipinski definition) is 4. The third kappa shape index (κ3) is 3.68. The van der Waals surface area contributed by atoms with E-state index in [2.05, 4.69) is 20.5 Å². The number of carbonyl (C=O) groups excluding carboxylic acids is 1. The fourth-order valence-corrected chi connectivity index (χ4v) is 2.21. The Balaban J connectivity index is 1.65. The maximum absolute atomic E-state index is 12.3. The molecule has 24 heavy (non-hydrogen) atoms. The van der Waals surface area contributed by atoms with Crippen LogP contribution in [0.15, 0.2) is 49.3 Å². The Labute approximate surface area is 140 Å². The van der Waals surface area contributed by atoms with E-state index in [1.807, 2.05) is 45.0 Å². The van der Waals surface area contributed by atoms with Gasteiger partial charge in [0.15, 0.2) is 0 Å². The summed E-state index contributed by atoms with van der Waals surface area (Å²) in [5, 5.41) is 11.2. The Hall–Kier alpha value is -2.96. The van der Waals surface area contributed by atoms with Gasteiger partial charge in [0, 0.05) is 11.9 Å². The van der Waals surface area contributed by atoms with E-state index in [4.69, 9.17) is 0 Å². The van der Waals surface area contributed by atoms with Crippen LogP contribution in [0.25, 0.3) is 0 Å². The standard InChI is InChI=1S/C17H20N6O/c1-17(2,3)23-10-14(8-19-23)16(24)21-15-6-4-13(5-7-15)9-22-12-18-11-20-22/h4-8,10-12H,9H2,1-3H3,(H,21,24). The van der Waals surface area contributed by atoms with Crippen molar-refractivity contribution in [2.75, 3.05) is 5.32 Å². The normalized spacial score (nSPS) is 11.5. The number of nitrogens with one attached hydrogen (secondary N) is 1. The largest absolute Gasteiger partial charge is 0.322 e. The molecule has 7 heteroatoms. The van der Waals surface area contributed by atoms with Crippen molar-refractivity contribution in [2.45, 2.75) is 32.9 Å². The molecule has 7 nitrogen and oxygen atoms in total. The van der Waals surface area contributed by atoms with E-state index in [0.717, 1.165) is 11.3 Å². The zero-order valence-electron chi connectivity index (χ0n) is 14.0. The summed E-state index contributed by atoms with van der Waals surface area (Å²) in [7, 11) is 0. The molecule has 2 heterocycles. The van der Waals surface area contributed by atoms with Crippen LogP contribution in [0.4, 0.5) is 5.69 Å². The van der Waals surface area contributed by atoms with E-state index >= 15 is 0 Å². The van der Waals surface area contributed by atoms with Crippen molar-refractivity contribution in [3.8, 4) is 0 Å². The first-order chi connectivity index (χ1) is 11.4. The Kier molecular flexibility index (Phi) is 4.16. The molecule has 0 spiro atoms. The van der Waals surface area contributed by atoms with Crippen molar-refractivity contribution in [3.63, 3.8) is 0 Å². The van der Waals surface area contributed by atoms with Crippen LogP contribution in [0.5, 0.6) is 0 Å². The van der Waals surface area contributed by atoms with Crippen LogP contribution in [0.2, 0.25) is 0 Å². The first-order valence-electron chi connectivity index (χ1n) is 7.70. The van der Waals surface area contributed by atoms with Crippen LogP contribution >= 0.6 is 0 Å². The number of rotatable bonds is 4. The molecule has 1 aromatic carbocycles. The van der Waals surface area contributed by atoms with E-state index in [9.17, 15) is 4.79 Å². The van der Waals surface area contributed by atoms with E-state index < -0.39 is 0 Å². The molecule has 0 aliphatic carbocycles. The molecule has 3 aromatic rings. The second-order valence-corrected chi connectivity index (χ2v) is 6.59. The van der Waals surface area contributed by atoms with Crippen molar-refractivity contribution >= 4 is 11.6 Å². The molecule has 1 N–H and O–H groups in total. The summed E-state index contributed by atoms with van der Waals surface area (Å²) >= 11 is 0. The lowest BCUT2D eigenvalue weighted by atomic mass is 10.1. The molecule has 0 fully saturated rings. The summed E-state index contributed by atoms with van der Waals surface area (Å²) in [5.74, 6) is -0.172. The van der Waals surface area contributed by atoms with Crippen molar-refractivity contribution in [2.24, 2.45) is 0 Å². The lowest BCUT2D eigenvalue weighted by Crippen LogP contribution is -2.22. The summed E-state index contributed by atoms with van der Waals surface area (Å²) < 4.78 is 3.53. The van der Waals surface area contributed by atoms with Gasteiger partial charge in [-0.1, -0.05) is 12.1 Å². The quantitative estimate of drug-likeness (QED) is 0.800. The van der Waals surface area contributed by atoms with Crippen LogP contribution in [0.3, 0.4) is 0 Å².